The molecule has 0 fully saturated rings. The van der Waals surface area contributed by atoms with Gasteiger partial charge in [-0.1, -0.05) is 30.9 Å². The van der Waals surface area contributed by atoms with E-state index >= 15 is 0 Å². The number of ether oxygens (including phenoxy) is 1. The zero-order valence-electron chi connectivity index (χ0n) is 18.0. The van der Waals surface area contributed by atoms with Crippen molar-refractivity contribution in [2.45, 2.75) is 26.4 Å². The van der Waals surface area contributed by atoms with E-state index in [9.17, 15) is 14.0 Å². The maximum absolute atomic E-state index is 15.0. The maximum Gasteiger partial charge on any atom is 0.412 e. The van der Waals surface area contributed by atoms with Gasteiger partial charge in [0.15, 0.2) is 5.82 Å². The first-order chi connectivity index (χ1) is 15.0. The van der Waals surface area contributed by atoms with Crippen molar-refractivity contribution in [1.29, 1.82) is 0 Å². The molecule has 0 aliphatic heterocycles. The average Bonchev–Trinajstić information content (AvgIpc) is 2.70. The van der Waals surface area contributed by atoms with Gasteiger partial charge < -0.3 is 16.2 Å². The van der Waals surface area contributed by atoms with Gasteiger partial charge in [0, 0.05) is 22.4 Å². The number of hydrogen-bond donors (Lipinski definition) is 4. The number of halogens is 1. The van der Waals surface area contributed by atoms with Gasteiger partial charge in [0.1, 0.15) is 11.4 Å². The molecule has 5 N–H and O–H groups in total. The first-order valence-corrected chi connectivity index (χ1v) is 10.0. The number of amides is 2. The van der Waals surface area contributed by atoms with Crippen LogP contribution in [0.4, 0.5) is 20.6 Å². The van der Waals surface area contributed by atoms with Gasteiger partial charge in [-0.3, -0.25) is 10.1 Å². The average molecular weight is 457 g/mol. The lowest BCUT2D eigenvalue weighted by Gasteiger charge is -2.19. The summed E-state index contributed by atoms with van der Waals surface area (Å²) in [5, 5.41) is 3.84. The van der Waals surface area contributed by atoms with Gasteiger partial charge in [0.2, 0.25) is 0 Å². The van der Waals surface area contributed by atoms with Gasteiger partial charge in [-0.25, -0.2) is 9.18 Å². The van der Waals surface area contributed by atoms with Crippen molar-refractivity contribution in [2.24, 2.45) is 10.7 Å². The molecular weight excluding hydrogens is 431 g/mol. The zero-order chi connectivity index (χ0) is 24.1. The number of nitrogens with two attached hydrogens (primary N) is 2. The SMILES string of the molecule is C=C/C(=C\S)C(=O)N=C(N)c1ccc(-c2ccc(NC(=O)OC(C)(C)C)cc2)c(F)c1N. The third-order valence-corrected chi connectivity index (χ3v) is 4.40. The molecule has 0 heterocycles. The van der Waals surface area contributed by atoms with Gasteiger partial charge in [0.25, 0.3) is 5.91 Å². The molecule has 9 heteroatoms. The Morgan fingerprint density at radius 3 is 2.34 bits per heavy atom. The van der Waals surface area contributed by atoms with E-state index in [1.165, 1.54) is 23.6 Å². The van der Waals surface area contributed by atoms with Gasteiger partial charge in [-0.15, -0.1) is 0 Å². The fourth-order valence-corrected chi connectivity index (χ4v) is 2.84. The number of nitrogens with one attached hydrogen (secondary N) is 1. The number of benzene rings is 2. The van der Waals surface area contributed by atoms with Crippen LogP contribution in [-0.2, 0) is 9.53 Å². The van der Waals surface area contributed by atoms with Crippen LogP contribution in [0.1, 0.15) is 26.3 Å². The second-order valence-electron chi connectivity index (χ2n) is 7.68. The molecular formula is C23H25FN4O3S. The minimum atomic E-state index is -0.713. The predicted octanol–water partition coefficient (Wildman–Crippen LogP) is 4.65. The number of aliphatic imine (C=N–C) groups is 1. The zero-order valence-corrected chi connectivity index (χ0v) is 18.9. The van der Waals surface area contributed by atoms with Gasteiger partial charge in [-0.2, -0.15) is 17.6 Å². The summed E-state index contributed by atoms with van der Waals surface area (Å²) in [5.74, 6) is -1.62. The number of carbonyl (C=O) groups is 2. The first kappa shape index (κ1) is 24.7. The van der Waals surface area contributed by atoms with Gasteiger partial charge >= 0.3 is 6.09 Å². The van der Waals surface area contributed by atoms with Crippen LogP contribution in [0, 0.1) is 5.82 Å². The molecule has 0 saturated heterocycles. The minimum Gasteiger partial charge on any atom is -0.444 e. The molecule has 0 spiro atoms. The van der Waals surface area contributed by atoms with E-state index in [1.54, 1.807) is 45.0 Å². The quantitative estimate of drug-likeness (QED) is 0.130. The van der Waals surface area contributed by atoms with Crippen molar-refractivity contribution in [3.8, 4) is 11.1 Å². The second-order valence-corrected chi connectivity index (χ2v) is 7.94. The first-order valence-electron chi connectivity index (χ1n) is 9.51. The smallest absolute Gasteiger partial charge is 0.412 e. The molecule has 0 aliphatic carbocycles. The Bertz CT molecular complexity index is 1100. The molecule has 2 rings (SSSR count). The predicted molar refractivity (Wildman–Crippen MR) is 129 cm³/mol. The van der Waals surface area contributed by atoms with E-state index in [2.05, 4.69) is 29.5 Å². The molecule has 0 aromatic heterocycles. The molecule has 0 unspecified atom stereocenters. The second kappa shape index (κ2) is 10.1. The van der Waals surface area contributed by atoms with E-state index in [4.69, 9.17) is 16.2 Å². The Morgan fingerprint density at radius 2 is 1.81 bits per heavy atom. The fourth-order valence-electron chi connectivity index (χ4n) is 2.62. The Labute approximate surface area is 191 Å². The third-order valence-electron chi connectivity index (χ3n) is 4.12. The van der Waals surface area contributed by atoms with Crippen molar-refractivity contribution >= 4 is 41.8 Å². The Kier molecular flexibility index (Phi) is 7.82. The molecule has 0 saturated carbocycles. The van der Waals surface area contributed by atoms with Gasteiger partial charge in [0.05, 0.1) is 5.69 Å². The Balaban J connectivity index is 2.27. The minimum absolute atomic E-state index is 0.0883. The third kappa shape index (κ3) is 6.21. The van der Waals surface area contributed by atoms with Crippen LogP contribution in [0.25, 0.3) is 11.1 Å². The van der Waals surface area contributed by atoms with Crippen molar-refractivity contribution in [3.05, 3.63) is 71.4 Å². The number of thiol groups is 1. The fraction of sp³-hybridized carbons (Fsp3) is 0.174. The van der Waals surface area contributed by atoms with Crippen molar-refractivity contribution in [2.75, 3.05) is 11.1 Å². The number of hydrogen-bond acceptors (Lipinski definition) is 5. The molecule has 0 aliphatic rings. The van der Waals surface area contributed by atoms with E-state index in [0.717, 1.165) is 0 Å². The highest BCUT2D eigenvalue weighted by Crippen LogP contribution is 2.30. The summed E-state index contributed by atoms with van der Waals surface area (Å²) in [6, 6.07) is 9.42. The van der Waals surface area contributed by atoms with E-state index in [1.807, 2.05) is 0 Å². The standard InChI is InChI=1S/C23H25FN4O3S/c1-5-13(12-32)21(29)28-20(26)17-11-10-16(18(24)19(17)25)14-6-8-15(9-7-14)27-22(30)31-23(2,3)4/h5-12,32H,1,25H2,2-4H3,(H,27,30)(H2,26,28,29)/b13-12+. The van der Waals surface area contributed by atoms with Crippen LogP contribution in [0.15, 0.2) is 65.0 Å². The number of nitrogens with zero attached hydrogens (tertiary/aromatic N) is 1. The molecule has 32 heavy (non-hydrogen) atoms. The largest absolute Gasteiger partial charge is 0.444 e. The van der Waals surface area contributed by atoms with Crippen LogP contribution in [-0.4, -0.2) is 23.4 Å². The highest BCUT2D eigenvalue weighted by Gasteiger charge is 2.18. The van der Waals surface area contributed by atoms with Crippen LogP contribution >= 0.6 is 12.6 Å². The van der Waals surface area contributed by atoms with E-state index in [-0.39, 0.29) is 28.2 Å². The number of anilines is 2. The summed E-state index contributed by atoms with van der Waals surface area (Å²) in [6.07, 6.45) is 0.683. The summed E-state index contributed by atoms with van der Waals surface area (Å²) in [5.41, 5.74) is 12.3. The lowest BCUT2D eigenvalue weighted by molar-refractivity contribution is -0.114. The van der Waals surface area contributed by atoms with Crippen LogP contribution in [0.5, 0.6) is 0 Å². The maximum atomic E-state index is 15.0. The lowest BCUT2D eigenvalue weighted by atomic mass is 10.0. The summed E-state index contributed by atoms with van der Waals surface area (Å²) in [7, 11) is 0. The van der Waals surface area contributed by atoms with Crippen molar-refractivity contribution in [3.63, 3.8) is 0 Å². The molecule has 2 amide bonds. The molecule has 2 aromatic rings. The molecule has 0 atom stereocenters. The summed E-state index contributed by atoms with van der Waals surface area (Å²) >= 11 is 3.90. The van der Waals surface area contributed by atoms with E-state index in [0.29, 0.717) is 11.3 Å². The van der Waals surface area contributed by atoms with Crippen LogP contribution in [0.2, 0.25) is 0 Å². The number of amidine groups is 1. The Hall–Kier alpha value is -3.59. The summed E-state index contributed by atoms with van der Waals surface area (Å²) in [4.78, 5) is 27.6. The normalized spacial score (nSPS) is 12.3. The summed E-state index contributed by atoms with van der Waals surface area (Å²) < 4.78 is 20.2. The van der Waals surface area contributed by atoms with Crippen LogP contribution in [0.3, 0.4) is 0 Å². The summed E-state index contributed by atoms with van der Waals surface area (Å²) in [6.45, 7) is 8.76. The molecule has 168 valence electrons. The van der Waals surface area contributed by atoms with Gasteiger partial charge in [-0.05, 0) is 49.9 Å². The lowest BCUT2D eigenvalue weighted by Crippen LogP contribution is -2.27. The number of rotatable bonds is 5. The van der Waals surface area contributed by atoms with E-state index < -0.39 is 23.4 Å². The highest BCUT2D eigenvalue weighted by molar-refractivity contribution is 7.83. The number of nitrogen functional groups attached to an aromatic ring is 1. The molecule has 0 radical (unpaired) electrons. The number of carbonyl (C=O) groups excluding carboxylic acids is 2. The van der Waals surface area contributed by atoms with Crippen LogP contribution < -0.4 is 16.8 Å². The molecule has 2 aromatic carbocycles. The molecule has 0 bridgehead atoms. The van der Waals surface area contributed by atoms with Crippen molar-refractivity contribution < 1.29 is 18.7 Å². The molecule has 7 nitrogen and oxygen atoms in total. The topological polar surface area (TPSA) is 120 Å². The van der Waals surface area contributed by atoms with Crippen molar-refractivity contribution in [1.82, 2.24) is 0 Å². The highest BCUT2D eigenvalue weighted by atomic mass is 32.1. The Morgan fingerprint density at radius 1 is 1.19 bits per heavy atom. The monoisotopic (exact) mass is 456 g/mol.